The maximum absolute atomic E-state index is 11.1. The summed E-state index contributed by atoms with van der Waals surface area (Å²) in [5.41, 5.74) is 0.690. The molecular formula is C9H12N2O4. The van der Waals surface area contributed by atoms with Gasteiger partial charge in [-0.15, -0.1) is 0 Å². The summed E-state index contributed by atoms with van der Waals surface area (Å²) in [4.78, 5) is 21.9. The molecule has 0 fully saturated rings. The number of nitrogens with zero attached hydrogens (tertiary/aromatic N) is 2. The zero-order valence-electron chi connectivity index (χ0n) is 8.51. The van der Waals surface area contributed by atoms with Crippen LogP contribution in [0.15, 0.2) is 12.4 Å². The highest BCUT2D eigenvalue weighted by Crippen LogP contribution is 2.09. The third kappa shape index (κ3) is 2.80. The number of hydrogen-bond donors (Lipinski definition) is 1. The maximum Gasteiger partial charge on any atom is 0.320 e. The Kier molecular flexibility index (Phi) is 3.43. The minimum atomic E-state index is -1.19. The predicted octanol–water partition coefficient (Wildman–Crippen LogP) is -0.164. The van der Waals surface area contributed by atoms with Gasteiger partial charge in [-0.1, -0.05) is 0 Å². The zero-order valence-corrected chi connectivity index (χ0v) is 8.51. The molecule has 0 aromatic carbocycles. The molecule has 1 N–H and O–H groups in total. The van der Waals surface area contributed by atoms with E-state index in [1.54, 1.807) is 17.9 Å². The fourth-order valence-corrected chi connectivity index (χ4v) is 1.23. The first kappa shape index (κ1) is 11.2. The fourth-order valence-electron chi connectivity index (χ4n) is 1.23. The van der Waals surface area contributed by atoms with Crippen LogP contribution in [0.5, 0.6) is 0 Å². The largest absolute Gasteiger partial charge is 0.481 e. The third-order valence-electron chi connectivity index (χ3n) is 1.98. The minimum Gasteiger partial charge on any atom is -0.481 e. The molecule has 0 saturated heterocycles. The predicted molar refractivity (Wildman–Crippen MR) is 50.1 cm³/mol. The minimum absolute atomic E-state index is 0.0931. The van der Waals surface area contributed by atoms with E-state index in [4.69, 9.17) is 5.11 Å². The Morgan fingerprint density at radius 2 is 2.33 bits per heavy atom. The number of carboxylic acid groups (broad SMARTS) is 1. The molecule has 1 heterocycles. The third-order valence-corrected chi connectivity index (χ3v) is 1.98. The number of aromatic nitrogens is 2. The molecule has 1 rings (SSSR count). The van der Waals surface area contributed by atoms with Crippen LogP contribution in [0.3, 0.4) is 0 Å². The van der Waals surface area contributed by atoms with Crippen molar-refractivity contribution < 1.29 is 19.4 Å². The summed E-state index contributed by atoms with van der Waals surface area (Å²) < 4.78 is 5.95. The normalized spacial score (nSPS) is 12.1. The number of aryl methyl sites for hydroxylation is 1. The first-order valence-electron chi connectivity index (χ1n) is 4.32. The van der Waals surface area contributed by atoms with Gasteiger partial charge in [0.05, 0.1) is 13.3 Å². The summed E-state index contributed by atoms with van der Waals surface area (Å²) in [6, 6.07) is 0. The van der Waals surface area contributed by atoms with Crippen LogP contribution in [0.25, 0.3) is 0 Å². The van der Waals surface area contributed by atoms with Gasteiger partial charge in [0.1, 0.15) is 0 Å². The highest BCUT2D eigenvalue weighted by Gasteiger charge is 2.27. The van der Waals surface area contributed by atoms with Gasteiger partial charge in [0.2, 0.25) is 0 Å². The maximum atomic E-state index is 11.1. The van der Waals surface area contributed by atoms with Crippen molar-refractivity contribution >= 4 is 11.9 Å². The molecule has 0 radical (unpaired) electrons. The number of methoxy groups -OCH3 is 1. The summed E-state index contributed by atoms with van der Waals surface area (Å²) in [5.74, 6) is -3.10. The van der Waals surface area contributed by atoms with Crippen molar-refractivity contribution in [2.75, 3.05) is 7.11 Å². The Morgan fingerprint density at radius 1 is 1.67 bits per heavy atom. The average Bonchev–Trinajstić information content (AvgIpc) is 2.59. The highest BCUT2D eigenvalue weighted by atomic mass is 16.5. The first-order chi connectivity index (χ1) is 7.04. The molecule has 0 aliphatic carbocycles. The summed E-state index contributed by atoms with van der Waals surface area (Å²) in [6.07, 6.45) is 3.29. The smallest absolute Gasteiger partial charge is 0.320 e. The van der Waals surface area contributed by atoms with Crippen LogP contribution in [0, 0.1) is 5.92 Å². The number of ether oxygens (including phenoxy) is 1. The Labute approximate surface area is 86.5 Å². The number of aliphatic carboxylic acids is 1. The SMILES string of the molecule is COC(=O)C(Cc1cnn(C)c1)C(=O)O. The Balaban J connectivity index is 2.75. The van der Waals surface area contributed by atoms with Crippen molar-refractivity contribution in [1.29, 1.82) is 0 Å². The monoisotopic (exact) mass is 212 g/mol. The molecular weight excluding hydrogens is 200 g/mol. The second-order valence-electron chi connectivity index (χ2n) is 3.14. The van der Waals surface area contributed by atoms with E-state index in [0.717, 1.165) is 0 Å². The first-order valence-corrected chi connectivity index (χ1v) is 4.32. The van der Waals surface area contributed by atoms with E-state index in [9.17, 15) is 9.59 Å². The second kappa shape index (κ2) is 4.59. The zero-order chi connectivity index (χ0) is 11.4. The fraction of sp³-hybridized carbons (Fsp3) is 0.444. The molecule has 1 aromatic rings. The van der Waals surface area contributed by atoms with Crippen molar-refractivity contribution in [2.24, 2.45) is 13.0 Å². The van der Waals surface area contributed by atoms with Crippen molar-refractivity contribution in [1.82, 2.24) is 9.78 Å². The van der Waals surface area contributed by atoms with Gasteiger partial charge in [0.25, 0.3) is 0 Å². The molecule has 0 bridgehead atoms. The van der Waals surface area contributed by atoms with Crippen molar-refractivity contribution in [3.8, 4) is 0 Å². The Bertz CT molecular complexity index is 372. The van der Waals surface area contributed by atoms with E-state index in [1.165, 1.54) is 13.3 Å². The Hall–Kier alpha value is -1.85. The van der Waals surface area contributed by atoms with E-state index < -0.39 is 17.9 Å². The molecule has 15 heavy (non-hydrogen) atoms. The van der Waals surface area contributed by atoms with E-state index in [0.29, 0.717) is 5.56 Å². The number of carbonyl (C=O) groups is 2. The summed E-state index contributed by atoms with van der Waals surface area (Å²) >= 11 is 0. The van der Waals surface area contributed by atoms with Gasteiger partial charge in [-0.05, 0) is 12.0 Å². The van der Waals surface area contributed by atoms with E-state index >= 15 is 0 Å². The molecule has 6 heteroatoms. The molecule has 82 valence electrons. The van der Waals surface area contributed by atoms with E-state index in [1.807, 2.05) is 0 Å². The van der Waals surface area contributed by atoms with Crippen LogP contribution in [0.4, 0.5) is 0 Å². The molecule has 0 saturated carbocycles. The lowest BCUT2D eigenvalue weighted by molar-refractivity contribution is -0.156. The molecule has 0 spiro atoms. The van der Waals surface area contributed by atoms with Crippen LogP contribution in [-0.2, 0) is 27.8 Å². The molecule has 1 aromatic heterocycles. The molecule has 1 unspecified atom stereocenters. The van der Waals surface area contributed by atoms with Crippen molar-refractivity contribution in [2.45, 2.75) is 6.42 Å². The number of rotatable bonds is 4. The lowest BCUT2D eigenvalue weighted by atomic mass is 10.0. The molecule has 0 aliphatic heterocycles. The van der Waals surface area contributed by atoms with Crippen LogP contribution < -0.4 is 0 Å². The van der Waals surface area contributed by atoms with Gasteiger partial charge in [0.15, 0.2) is 5.92 Å². The van der Waals surface area contributed by atoms with Crippen molar-refractivity contribution in [3.63, 3.8) is 0 Å². The number of esters is 1. The van der Waals surface area contributed by atoms with Gasteiger partial charge in [-0.2, -0.15) is 5.10 Å². The molecule has 0 aliphatic rings. The summed E-state index contributed by atoms with van der Waals surface area (Å²) in [5, 5.41) is 12.7. The standard InChI is InChI=1S/C9H12N2O4/c1-11-5-6(4-10-11)3-7(8(12)13)9(14)15-2/h4-5,7H,3H2,1-2H3,(H,12,13). The van der Waals surface area contributed by atoms with E-state index in [-0.39, 0.29) is 6.42 Å². The van der Waals surface area contributed by atoms with Crippen LogP contribution in [0.1, 0.15) is 5.56 Å². The number of carbonyl (C=O) groups excluding carboxylic acids is 1. The van der Waals surface area contributed by atoms with Crippen LogP contribution >= 0.6 is 0 Å². The molecule has 1 atom stereocenters. The lowest BCUT2D eigenvalue weighted by Crippen LogP contribution is -2.26. The number of hydrogen-bond acceptors (Lipinski definition) is 4. The van der Waals surface area contributed by atoms with Crippen LogP contribution in [0.2, 0.25) is 0 Å². The Morgan fingerprint density at radius 3 is 2.73 bits per heavy atom. The van der Waals surface area contributed by atoms with Gasteiger partial charge < -0.3 is 9.84 Å². The quantitative estimate of drug-likeness (QED) is 0.553. The second-order valence-corrected chi connectivity index (χ2v) is 3.14. The molecule has 0 amide bonds. The summed E-state index contributed by atoms with van der Waals surface area (Å²) in [7, 11) is 2.89. The molecule has 6 nitrogen and oxygen atoms in total. The average molecular weight is 212 g/mol. The van der Waals surface area contributed by atoms with Gasteiger partial charge in [-0.25, -0.2) is 0 Å². The summed E-state index contributed by atoms with van der Waals surface area (Å²) in [6.45, 7) is 0. The highest BCUT2D eigenvalue weighted by molar-refractivity contribution is 5.94. The van der Waals surface area contributed by atoms with E-state index in [2.05, 4.69) is 9.84 Å². The van der Waals surface area contributed by atoms with Crippen LogP contribution in [-0.4, -0.2) is 33.9 Å². The lowest BCUT2D eigenvalue weighted by Gasteiger charge is -2.07. The topological polar surface area (TPSA) is 81.4 Å². The number of carboxylic acids is 1. The van der Waals surface area contributed by atoms with Gasteiger partial charge in [0, 0.05) is 13.2 Å². The van der Waals surface area contributed by atoms with Gasteiger partial charge in [-0.3, -0.25) is 14.3 Å². The van der Waals surface area contributed by atoms with Gasteiger partial charge >= 0.3 is 11.9 Å². The van der Waals surface area contributed by atoms with Crippen molar-refractivity contribution in [3.05, 3.63) is 18.0 Å².